The zero-order chi connectivity index (χ0) is 18.2. The summed E-state index contributed by atoms with van der Waals surface area (Å²) in [6, 6.07) is 12.3. The van der Waals surface area contributed by atoms with E-state index in [4.69, 9.17) is 25.8 Å². The molecule has 0 saturated heterocycles. The van der Waals surface area contributed by atoms with E-state index in [-0.39, 0.29) is 18.6 Å². The lowest BCUT2D eigenvalue weighted by Gasteiger charge is -2.13. The Morgan fingerprint density at radius 3 is 2.36 bits per heavy atom. The second-order valence-electron chi connectivity index (χ2n) is 5.53. The number of carbonyl (C=O) groups excluding carboxylic acids is 1. The van der Waals surface area contributed by atoms with Gasteiger partial charge in [-0.15, -0.1) is 0 Å². The van der Waals surface area contributed by atoms with E-state index >= 15 is 0 Å². The maximum atomic E-state index is 12.1. The molecular formula is C19H22ClNO4. The van der Waals surface area contributed by atoms with Gasteiger partial charge in [0.25, 0.3) is 5.91 Å². The number of amides is 1. The molecule has 0 aliphatic heterocycles. The maximum absolute atomic E-state index is 12.1. The molecule has 1 amide bonds. The second-order valence-corrected chi connectivity index (χ2v) is 5.94. The maximum Gasteiger partial charge on any atom is 0.262 e. The number of benzene rings is 2. The molecule has 0 atom stereocenters. The molecule has 0 unspecified atom stereocenters. The van der Waals surface area contributed by atoms with Gasteiger partial charge in [0.05, 0.1) is 17.7 Å². The van der Waals surface area contributed by atoms with Crippen LogP contribution in [0.4, 0.5) is 5.69 Å². The van der Waals surface area contributed by atoms with Crippen LogP contribution in [0.25, 0.3) is 0 Å². The molecule has 0 heterocycles. The summed E-state index contributed by atoms with van der Waals surface area (Å²) in [5.41, 5.74) is 0.577. The molecule has 6 heteroatoms. The van der Waals surface area contributed by atoms with Crippen molar-refractivity contribution >= 4 is 23.2 Å². The number of hydrogen-bond acceptors (Lipinski definition) is 4. The SMILES string of the molecule is CCOc1ccccc1OCC(=O)Nc1ccc(OC(C)C)c(Cl)c1. The summed E-state index contributed by atoms with van der Waals surface area (Å²) >= 11 is 6.16. The highest BCUT2D eigenvalue weighted by atomic mass is 35.5. The van der Waals surface area contributed by atoms with E-state index in [1.54, 1.807) is 30.3 Å². The smallest absolute Gasteiger partial charge is 0.262 e. The number of rotatable bonds is 8. The number of nitrogens with one attached hydrogen (secondary N) is 1. The Bertz CT molecular complexity index is 718. The van der Waals surface area contributed by atoms with Crippen LogP contribution < -0.4 is 19.5 Å². The fourth-order valence-corrected chi connectivity index (χ4v) is 2.34. The zero-order valence-electron chi connectivity index (χ0n) is 14.5. The van der Waals surface area contributed by atoms with Crippen molar-refractivity contribution < 1.29 is 19.0 Å². The van der Waals surface area contributed by atoms with Gasteiger partial charge in [0, 0.05) is 5.69 Å². The van der Waals surface area contributed by atoms with Crippen molar-refractivity contribution in [1.29, 1.82) is 0 Å². The van der Waals surface area contributed by atoms with Gasteiger partial charge in [0.15, 0.2) is 18.1 Å². The van der Waals surface area contributed by atoms with E-state index in [0.717, 1.165) is 0 Å². The number of anilines is 1. The Hall–Kier alpha value is -2.40. The fourth-order valence-electron chi connectivity index (χ4n) is 2.11. The van der Waals surface area contributed by atoms with E-state index in [0.29, 0.717) is 34.6 Å². The number of carbonyl (C=O) groups is 1. The lowest BCUT2D eigenvalue weighted by atomic mass is 10.3. The molecule has 5 nitrogen and oxygen atoms in total. The third-order valence-corrected chi connectivity index (χ3v) is 3.38. The first-order valence-corrected chi connectivity index (χ1v) is 8.48. The van der Waals surface area contributed by atoms with E-state index in [1.807, 2.05) is 32.9 Å². The summed E-state index contributed by atoms with van der Waals surface area (Å²) in [5.74, 6) is 1.42. The van der Waals surface area contributed by atoms with Crippen molar-refractivity contribution in [2.24, 2.45) is 0 Å². The standard InChI is InChI=1S/C19H22ClNO4/c1-4-23-17-7-5-6-8-18(17)24-12-19(22)21-14-9-10-16(15(20)11-14)25-13(2)3/h5-11,13H,4,12H2,1-3H3,(H,21,22). The molecule has 0 saturated carbocycles. The molecule has 0 aromatic heterocycles. The molecule has 0 fully saturated rings. The largest absolute Gasteiger partial charge is 0.490 e. The number of halogens is 1. The van der Waals surface area contributed by atoms with E-state index in [2.05, 4.69) is 5.32 Å². The predicted octanol–water partition coefficient (Wildman–Crippen LogP) is 4.54. The van der Waals surface area contributed by atoms with Crippen molar-refractivity contribution in [1.82, 2.24) is 0 Å². The van der Waals surface area contributed by atoms with Crippen LogP contribution in [0.1, 0.15) is 20.8 Å². The number of para-hydroxylation sites is 2. The van der Waals surface area contributed by atoms with Crippen molar-refractivity contribution in [2.45, 2.75) is 26.9 Å². The highest BCUT2D eigenvalue weighted by Crippen LogP contribution is 2.29. The first-order valence-electron chi connectivity index (χ1n) is 8.10. The van der Waals surface area contributed by atoms with Crippen LogP contribution in [0.3, 0.4) is 0 Å². The predicted molar refractivity (Wildman–Crippen MR) is 99.0 cm³/mol. The van der Waals surface area contributed by atoms with Gasteiger partial charge in [-0.1, -0.05) is 23.7 Å². The Balaban J connectivity index is 1.93. The van der Waals surface area contributed by atoms with Crippen LogP contribution in [0.15, 0.2) is 42.5 Å². The summed E-state index contributed by atoms with van der Waals surface area (Å²) in [4.78, 5) is 12.1. The van der Waals surface area contributed by atoms with Gasteiger partial charge < -0.3 is 19.5 Å². The average Bonchev–Trinajstić information content (AvgIpc) is 2.56. The average molecular weight is 364 g/mol. The van der Waals surface area contributed by atoms with Crippen molar-refractivity contribution in [3.05, 3.63) is 47.5 Å². The molecule has 0 aliphatic carbocycles. The van der Waals surface area contributed by atoms with Crippen LogP contribution in [0, 0.1) is 0 Å². The Kier molecular flexibility index (Phi) is 6.95. The van der Waals surface area contributed by atoms with Gasteiger partial charge in [0.1, 0.15) is 5.75 Å². The summed E-state index contributed by atoms with van der Waals surface area (Å²) in [6.07, 6.45) is 0.0248. The van der Waals surface area contributed by atoms with Crippen LogP contribution in [-0.2, 0) is 4.79 Å². The topological polar surface area (TPSA) is 56.8 Å². The first-order chi connectivity index (χ1) is 12.0. The molecule has 0 aliphatic rings. The highest BCUT2D eigenvalue weighted by molar-refractivity contribution is 6.32. The molecule has 134 valence electrons. The second kappa shape index (κ2) is 9.18. The van der Waals surface area contributed by atoms with Gasteiger partial charge >= 0.3 is 0 Å². The zero-order valence-corrected chi connectivity index (χ0v) is 15.3. The van der Waals surface area contributed by atoms with E-state index in [9.17, 15) is 4.79 Å². The van der Waals surface area contributed by atoms with E-state index in [1.165, 1.54) is 0 Å². The Morgan fingerprint density at radius 1 is 1.08 bits per heavy atom. The Labute approximate surface area is 152 Å². The monoisotopic (exact) mass is 363 g/mol. The van der Waals surface area contributed by atoms with Crippen LogP contribution in [0.2, 0.25) is 5.02 Å². The fraction of sp³-hybridized carbons (Fsp3) is 0.316. The number of ether oxygens (including phenoxy) is 3. The molecule has 25 heavy (non-hydrogen) atoms. The molecule has 0 bridgehead atoms. The number of hydrogen-bond donors (Lipinski definition) is 1. The molecule has 2 aromatic rings. The molecule has 2 aromatic carbocycles. The van der Waals surface area contributed by atoms with Crippen molar-refractivity contribution in [3.63, 3.8) is 0 Å². The first kappa shape index (κ1) is 18.9. The lowest BCUT2D eigenvalue weighted by Crippen LogP contribution is -2.20. The molecule has 0 radical (unpaired) electrons. The summed E-state index contributed by atoms with van der Waals surface area (Å²) in [7, 11) is 0. The summed E-state index contributed by atoms with van der Waals surface area (Å²) in [6.45, 7) is 6.12. The van der Waals surface area contributed by atoms with Crippen molar-refractivity contribution in [3.8, 4) is 17.2 Å². The van der Waals surface area contributed by atoms with E-state index < -0.39 is 0 Å². The van der Waals surface area contributed by atoms with Crippen molar-refractivity contribution in [2.75, 3.05) is 18.5 Å². The minimum atomic E-state index is -0.292. The molecule has 1 N–H and O–H groups in total. The third-order valence-electron chi connectivity index (χ3n) is 3.09. The Morgan fingerprint density at radius 2 is 1.76 bits per heavy atom. The van der Waals surface area contributed by atoms with Gasteiger partial charge in [-0.2, -0.15) is 0 Å². The van der Waals surface area contributed by atoms with Gasteiger partial charge in [0.2, 0.25) is 0 Å². The summed E-state index contributed by atoms with van der Waals surface area (Å²) in [5, 5.41) is 3.18. The molecular weight excluding hydrogens is 342 g/mol. The molecule has 2 rings (SSSR count). The normalized spacial score (nSPS) is 10.4. The van der Waals surface area contributed by atoms with Crippen LogP contribution in [-0.4, -0.2) is 25.2 Å². The van der Waals surface area contributed by atoms with Crippen LogP contribution in [0.5, 0.6) is 17.2 Å². The molecule has 0 spiro atoms. The van der Waals surface area contributed by atoms with Crippen LogP contribution >= 0.6 is 11.6 Å². The third kappa shape index (κ3) is 5.87. The summed E-state index contributed by atoms with van der Waals surface area (Å²) < 4.78 is 16.6. The van der Waals surface area contributed by atoms with Gasteiger partial charge in [-0.25, -0.2) is 0 Å². The van der Waals surface area contributed by atoms with Gasteiger partial charge in [-0.05, 0) is 51.1 Å². The minimum Gasteiger partial charge on any atom is -0.490 e. The lowest BCUT2D eigenvalue weighted by molar-refractivity contribution is -0.118. The quantitative estimate of drug-likeness (QED) is 0.747. The van der Waals surface area contributed by atoms with Gasteiger partial charge in [-0.3, -0.25) is 4.79 Å². The minimum absolute atomic E-state index is 0.0248. The highest BCUT2D eigenvalue weighted by Gasteiger charge is 2.10.